The monoisotopic (exact) mass is 268 g/mol. The fourth-order valence-electron chi connectivity index (χ4n) is 1.44. The van der Waals surface area contributed by atoms with Crippen LogP contribution in [-0.2, 0) is 0 Å². The molecule has 2 aromatic heterocycles. The molecule has 18 heavy (non-hydrogen) atoms. The summed E-state index contributed by atoms with van der Waals surface area (Å²) in [6.45, 7) is 1.79. The largest absolute Gasteiger partial charge is 0.467 e. The van der Waals surface area contributed by atoms with Crippen molar-refractivity contribution in [2.24, 2.45) is 0 Å². The van der Waals surface area contributed by atoms with E-state index in [9.17, 15) is 10.1 Å². The maximum Gasteiger partial charge on any atom is 0.348 e. The predicted octanol–water partition coefficient (Wildman–Crippen LogP) is 2.80. The van der Waals surface area contributed by atoms with E-state index in [0.29, 0.717) is 5.76 Å². The van der Waals surface area contributed by atoms with Crippen molar-refractivity contribution in [3.8, 4) is 0 Å². The highest BCUT2D eigenvalue weighted by Gasteiger charge is 2.23. The van der Waals surface area contributed by atoms with Crippen molar-refractivity contribution in [2.75, 3.05) is 5.32 Å². The molecule has 2 aromatic rings. The fraction of sp³-hybridized carbons (Fsp3) is 0.200. The van der Waals surface area contributed by atoms with Crippen molar-refractivity contribution >= 4 is 23.1 Å². The molecule has 94 valence electrons. The molecule has 0 saturated heterocycles. The van der Waals surface area contributed by atoms with E-state index in [0.717, 1.165) is 6.33 Å². The third-order valence-corrected chi connectivity index (χ3v) is 2.56. The number of hydrogen-bond acceptors (Lipinski definition) is 6. The summed E-state index contributed by atoms with van der Waals surface area (Å²) in [5.74, 6) is 0.697. The summed E-state index contributed by atoms with van der Waals surface area (Å²) in [5.41, 5.74) is -0.349. The minimum atomic E-state index is -0.625. The van der Waals surface area contributed by atoms with Crippen LogP contribution in [0.3, 0.4) is 0 Å². The molecule has 7 nitrogen and oxygen atoms in total. The van der Waals surface area contributed by atoms with Crippen LogP contribution in [0.1, 0.15) is 18.7 Å². The Morgan fingerprint density at radius 2 is 2.33 bits per heavy atom. The molecule has 0 spiro atoms. The average Bonchev–Trinajstić information content (AvgIpc) is 2.81. The number of nitro groups is 1. The van der Waals surface area contributed by atoms with Gasteiger partial charge < -0.3 is 9.73 Å². The van der Waals surface area contributed by atoms with E-state index in [2.05, 4.69) is 15.3 Å². The number of hydrogen-bond donors (Lipinski definition) is 1. The number of halogens is 1. The summed E-state index contributed by atoms with van der Waals surface area (Å²) in [6.07, 6.45) is 2.68. The Bertz CT molecular complexity index is 558. The van der Waals surface area contributed by atoms with Crippen molar-refractivity contribution < 1.29 is 9.34 Å². The van der Waals surface area contributed by atoms with E-state index in [1.165, 1.54) is 6.26 Å². The zero-order valence-electron chi connectivity index (χ0n) is 9.33. The summed E-state index contributed by atoms with van der Waals surface area (Å²) in [6, 6.07) is 3.21. The lowest BCUT2D eigenvalue weighted by Gasteiger charge is -2.11. The van der Waals surface area contributed by atoms with Gasteiger partial charge in [0, 0.05) is 0 Å². The number of furan rings is 1. The van der Waals surface area contributed by atoms with Crippen LogP contribution in [0.15, 0.2) is 29.1 Å². The van der Waals surface area contributed by atoms with E-state index in [1.54, 1.807) is 19.1 Å². The van der Waals surface area contributed by atoms with E-state index < -0.39 is 4.92 Å². The normalized spacial score (nSPS) is 12.1. The van der Waals surface area contributed by atoms with Crippen molar-refractivity contribution in [1.82, 2.24) is 9.97 Å². The van der Waals surface area contributed by atoms with Crippen LogP contribution < -0.4 is 5.32 Å². The first-order chi connectivity index (χ1) is 8.59. The third-order valence-electron chi connectivity index (χ3n) is 2.28. The smallest absolute Gasteiger partial charge is 0.348 e. The lowest BCUT2D eigenvalue weighted by atomic mass is 10.2. The van der Waals surface area contributed by atoms with Crippen LogP contribution in [0.2, 0.25) is 5.15 Å². The Labute approximate surface area is 107 Å². The summed E-state index contributed by atoms with van der Waals surface area (Å²) in [7, 11) is 0. The molecule has 8 heteroatoms. The molecule has 1 N–H and O–H groups in total. The number of aromatic nitrogens is 2. The zero-order chi connectivity index (χ0) is 13.1. The zero-order valence-corrected chi connectivity index (χ0v) is 10.1. The number of rotatable bonds is 4. The number of nitrogens with zero attached hydrogens (tertiary/aromatic N) is 3. The van der Waals surface area contributed by atoms with Crippen LogP contribution in [-0.4, -0.2) is 14.9 Å². The molecule has 0 aromatic carbocycles. The van der Waals surface area contributed by atoms with Gasteiger partial charge in [-0.25, -0.2) is 9.97 Å². The predicted molar refractivity (Wildman–Crippen MR) is 64.4 cm³/mol. The quantitative estimate of drug-likeness (QED) is 0.520. The van der Waals surface area contributed by atoms with Crippen LogP contribution in [0.4, 0.5) is 11.5 Å². The highest BCUT2D eigenvalue weighted by atomic mass is 35.5. The van der Waals surface area contributed by atoms with Crippen molar-refractivity contribution in [2.45, 2.75) is 13.0 Å². The van der Waals surface area contributed by atoms with Gasteiger partial charge in [0.15, 0.2) is 0 Å². The highest BCUT2D eigenvalue weighted by Crippen LogP contribution is 2.30. The van der Waals surface area contributed by atoms with Gasteiger partial charge in [-0.3, -0.25) is 10.1 Å². The lowest BCUT2D eigenvalue weighted by Crippen LogP contribution is -2.09. The minimum absolute atomic E-state index is 0.0592. The molecule has 1 unspecified atom stereocenters. The van der Waals surface area contributed by atoms with Gasteiger partial charge >= 0.3 is 5.69 Å². The van der Waals surface area contributed by atoms with Crippen LogP contribution in [0.25, 0.3) is 0 Å². The second-order valence-electron chi connectivity index (χ2n) is 3.50. The summed E-state index contributed by atoms with van der Waals surface area (Å²) >= 11 is 5.68. The Morgan fingerprint density at radius 3 is 2.94 bits per heavy atom. The molecule has 2 rings (SSSR count). The first-order valence-corrected chi connectivity index (χ1v) is 5.42. The number of anilines is 1. The van der Waals surface area contributed by atoms with Gasteiger partial charge in [0.1, 0.15) is 12.1 Å². The molecule has 0 fully saturated rings. The SMILES string of the molecule is CC(Nc1ncnc(Cl)c1[N+](=O)[O-])c1ccco1. The van der Waals surface area contributed by atoms with Crippen molar-refractivity contribution in [1.29, 1.82) is 0 Å². The standard InChI is InChI=1S/C10H9ClN4O3/c1-6(7-3-2-4-18-7)14-10-8(15(16)17)9(11)12-5-13-10/h2-6H,1H3,(H,12,13,14). The van der Waals surface area contributed by atoms with Crippen molar-refractivity contribution in [3.05, 3.63) is 45.8 Å². The molecule has 0 radical (unpaired) electrons. The molecular weight excluding hydrogens is 260 g/mol. The Balaban J connectivity index is 2.29. The number of nitrogens with one attached hydrogen (secondary N) is 1. The Morgan fingerprint density at radius 1 is 1.56 bits per heavy atom. The highest BCUT2D eigenvalue weighted by molar-refractivity contribution is 6.31. The molecule has 0 aliphatic carbocycles. The third kappa shape index (κ3) is 2.40. The first kappa shape index (κ1) is 12.3. The van der Waals surface area contributed by atoms with E-state index in [-0.39, 0.29) is 22.7 Å². The van der Waals surface area contributed by atoms with Gasteiger partial charge in [-0.15, -0.1) is 0 Å². The van der Waals surface area contributed by atoms with E-state index >= 15 is 0 Å². The van der Waals surface area contributed by atoms with Crippen molar-refractivity contribution in [3.63, 3.8) is 0 Å². The molecule has 0 saturated carbocycles. The topological polar surface area (TPSA) is 94.1 Å². The Kier molecular flexibility index (Phi) is 3.42. The lowest BCUT2D eigenvalue weighted by molar-refractivity contribution is -0.384. The molecule has 0 bridgehead atoms. The summed E-state index contributed by atoms with van der Waals surface area (Å²) in [5, 5.41) is 13.5. The van der Waals surface area contributed by atoms with Crippen LogP contribution in [0.5, 0.6) is 0 Å². The molecule has 0 amide bonds. The second-order valence-corrected chi connectivity index (χ2v) is 3.86. The van der Waals surface area contributed by atoms with E-state index in [4.69, 9.17) is 16.0 Å². The second kappa shape index (κ2) is 5.01. The van der Waals surface area contributed by atoms with Gasteiger partial charge in [-0.05, 0) is 19.1 Å². The summed E-state index contributed by atoms with van der Waals surface area (Å²) < 4.78 is 5.19. The minimum Gasteiger partial charge on any atom is -0.467 e. The summed E-state index contributed by atoms with van der Waals surface area (Å²) in [4.78, 5) is 17.7. The van der Waals surface area contributed by atoms with Gasteiger partial charge in [0.2, 0.25) is 11.0 Å². The maximum atomic E-state index is 10.9. The molecule has 2 heterocycles. The van der Waals surface area contributed by atoms with Crippen LogP contribution >= 0.6 is 11.6 Å². The molecule has 0 aliphatic heterocycles. The Hall–Kier alpha value is -2.15. The van der Waals surface area contributed by atoms with Gasteiger partial charge in [-0.1, -0.05) is 11.6 Å². The maximum absolute atomic E-state index is 10.9. The fourth-order valence-corrected chi connectivity index (χ4v) is 1.64. The molecule has 0 aliphatic rings. The molecular formula is C10H9ClN4O3. The van der Waals surface area contributed by atoms with E-state index in [1.807, 2.05) is 0 Å². The van der Waals surface area contributed by atoms with Gasteiger partial charge in [0.05, 0.1) is 17.2 Å². The molecule has 1 atom stereocenters. The van der Waals surface area contributed by atoms with Crippen LogP contribution in [0, 0.1) is 10.1 Å². The average molecular weight is 269 g/mol. The first-order valence-electron chi connectivity index (χ1n) is 5.04. The van der Waals surface area contributed by atoms with Gasteiger partial charge in [0.25, 0.3) is 0 Å². The van der Waals surface area contributed by atoms with Gasteiger partial charge in [-0.2, -0.15) is 0 Å².